The first-order valence-electron chi connectivity index (χ1n) is 2.73. The Hall–Kier alpha value is -0.0800. The average Bonchev–Trinajstić information content (AvgIpc) is 1.85. The smallest absolute Gasteiger partial charge is 0.124 e. The van der Waals surface area contributed by atoms with Crippen molar-refractivity contribution in [2.24, 2.45) is 0 Å². The maximum atomic E-state index is 12.5. The third kappa shape index (κ3) is 1.96. The first kappa shape index (κ1) is 8.02. The average molecular weight is 223 g/mol. The van der Waals surface area contributed by atoms with E-state index in [1.807, 2.05) is 0 Å². The summed E-state index contributed by atoms with van der Waals surface area (Å²) < 4.78 is 13.3. The Balaban J connectivity index is 3.06. The largest absolute Gasteiger partial charge is 0.207 e. The number of halogens is 3. The maximum Gasteiger partial charge on any atom is 0.124 e. The molecule has 1 aromatic rings. The highest BCUT2D eigenvalue weighted by Crippen LogP contribution is 2.15. The van der Waals surface area contributed by atoms with Crippen molar-refractivity contribution in [1.82, 2.24) is 0 Å². The molecule has 0 radical (unpaired) electrons. The van der Waals surface area contributed by atoms with E-state index in [0.717, 1.165) is 10.0 Å². The number of rotatable bonds is 1. The first-order chi connectivity index (χ1) is 4.72. The van der Waals surface area contributed by atoms with Gasteiger partial charge >= 0.3 is 0 Å². The summed E-state index contributed by atoms with van der Waals surface area (Å²) in [5.74, 6) is 0.0844. The lowest BCUT2D eigenvalue weighted by Gasteiger charge is -1.95. The second-order valence-corrected chi connectivity index (χ2v) is 3.09. The van der Waals surface area contributed by atoms with Crippen molar-refractivity contribution >= 4 is 27.5 Å². The SMILES string of the molecule is Fc1cc(Br)cc(CCl)c1. The predicted molar refractivity (Wildman–Crippen MR) is 43.7 cm³/mol. The van der Waals surface area contributed by atoms with E-state index < -0.39 is 0 Å². The molecule has 3 heteroatoms. The molecule has 0 N–H and O–H groups in total. The Morgan fingerprint density at radius 1 is 1.40 bits per heavy atom. The van der Waals surface area contributed by atoms with Crippen LogP contribution in [0.25, 0.3) is 0 Å². The van der Waals surface area contributed by atoms with Crippen LogP contribution in [0.15, 0.2) is 22.7 Å². The molecule has 0 saturated heterocycles. The Bertz CT molecular complexity index is 217. The molecule has 10 heavy (non-hydrogen) atoms. The molecular weight excluding hydrogens is 218 g/mol. The molecule has 0 atom stereocenters. The minimum atomic E-state index is -0.259. The van der Waals surface area contributed by atoms with Crippen molar-refractivity contribution in [3.05, 3.63) is 34.1 Å². The molecule has 0 bridgehead atoms. The fourth-order valence-corrected chi connectivity index (χ4v) is 1.36. The summed E-state index contributed by atoms with van der Waals surface area (Å²) >= 11 is 8.64. The van der Waals surface area contributed by atoms with Crippen molar-refractivity contribution in [3.8, 4) is 0 Å². The summed E-state index contributed by atoms with van der Waals surface area (Å²) in [5, 5.41) is 0. The molecule has 0 heterocycles. The minimum Gasteiger partial charge on any atom is -0.207 e. The van der Waals surface area contributed by atoms with Crippen LogP contribution >= 0.6 is 27.5 Å². The van der Waals surface area contributed by atoms with E-state index in [-0.39, 0.29) is 5.82 Å². The normalized spacial score (nSPS) is 9.90. The zero-order chi connectivity index (χ0) is 7.56. The van der Waals surface area contributed by atoms with Crippen molar-refractivity contribution in [3.63, 3.8) is 0 Å². The van der Waals surface area contributed by atoms with Crippen molar-refractivity contribution in [2.45, 2.75) is 5.88 Å². The van der Waals surface area contributed by atoms with Gasteiger partial charge in [0.15, 0.2) is 0 Å². The second kappa shape index (κ2) is 3.35. The van der Waals surface area contributed by atoms with Crippen molar-refractivity contribution in [2.75, 3.05) is 0 Å². The van der Waals surface area contributed by atoms with E-state index in [9.17, 15) is 4.39 Å². The fourth-order valence-electron chi connectivity index (χ4n) is 0.688. The quantitative estimate of drug-likeness (QED) is 0.641. The molecule has 0 fully saturated rings. The summed E-state index contributed by atoms with van der Waals surface area (Å²) in [5.41, 5.74) is 0.786. The van der Waals surface area contributed by atoms with Crippen LogP contribution in [0.2, 0.25) is 0 Å². The van der Waals surface area contributed by atoms with Crippen LogP contribution in [0, 0.1) is 5.82 Å². The summed E-state index contributed by atoms with van der Waals surface area (Å²) in [6, 6.07) is 4.60. The molecule has 0 aliphatic carbocycles. The lowest BCUT2D eigenvalue weighted by molar-refractivity contribution is 0.625. The second-order valence-electron chi connectivity index (χ2n) is 1.91. The highest BCUT2D eigenvalue weighted by Gasteiger charge is 1.95. The number of benzene rings is 1. The van der Waals surface area contributed by atoms with E-state index in [1.165, 1.54) is 12.1 Å². The van der Waals surface area contributed by atoms with E-state index in [4.69, 9.17) is 11.6 Å². The van der Waals surface area contributed by atoms with Gasteiger partial charge in [0.2, 0.25) is 0 Å². The molecule has 0 spiro atoms. The van der Waals surface area contributed by atoms with Gasteiger partial charge in [-0.3, -0.25) is 0 Å². The van der Waals surface area contributed by atoms with Crippen LogP contribution in [0.5, 0.6) is 0 Å². The van der Waals surface area contributed by atoms with Crippen molar-refractivity contribution < 1.29 is 4.39 Å². The van der Waals surface area contributed by atoms with Gasteiger partial charge in [0.25, 0.3) is 0 Å². The predicted octanol–water partition coefficient (Wildman–Crippen LogP) is 3.33. The maximum absolute atomic E-state index is 12.5. The first-order valence-corrected chi connectivity index (χ1v) is 4.06. The van der Waals surface area contributed by atoms with Crippen LogP contribution in [-0.2, 0) is 5.88 Å². The lowest BCUT2D eigenvalue weighted by Crippen LogP contribution is -1.80. The Morgan fingerprint density at radius 2 is 2.10 bits per heavy atom. The van der Waals surface area contributed by atoms with Crippen LogP contribution < -0.4 is 0 Å². The van der Waals surface area contributed by atoms with E-state index in [1.54, 1.807) is 6.07 Å². The molecule has 0 amide bonds. The van der Waals surface area contributed by atoms with Gasteiger partial charge < -0.3 is 0 Å². The molecule has 1 aromatic carbocycles. The highest BCUT2D eigenvalue weighted by molar-refractivity contribution is 9.10. The van der Waals surface area contributed by atoms with Gasteiger partial charge in [-0.15, -0.1) is 11.6 Å². The van der Waals surface area contributed by atoms with E-state index >= 15 is 0 Å². The molecule has 0 aliphatic rings. The molecule has 1 rings (SSSR count). The molecule has 0 nitrogen and oxygen atoms in total. The standard InChI is InChI=1S/C7H5BrClF/c8-6-1-5(4-9)2-7(10)3-6/h1-3H,4H2. The van der Waals surface area contributed by atoms with Gasteiger partial charge in [-0.2, -0.15) is 0 Å². The van der Waals surface area contributed by atoms with Gasteiger partial charge in [0, 0.05) is 10.4 Å². The summed E-state index contributed by atoms with van der Waals surface area (Å²) in [7, 11) is 0. The van der Waals surface area contributed by atoms with Crippen LogP contribution in [0.4, 0.5) is 4.39 Å². The lowest BCUT2D eigenvalue weighted by atomic mass is 10.2. The molecule has 0 aromatic heterocycles. The zero-order valence-corrected chi connectivity index (χ0v) is 7.41. The Morgan fingerprint density at radius 3 is 2.60 bits per heavy atom. The summed E-state index contributed by atoms with van der Waals surface area (Å²) in [6.07, 6.45) is 0. The van der Waals surface area contributed by atoms with Gasteiger partial charge in [-0.1, -0.05) is 15.9 Å². The fraction of sp³-hybridized carbons (Fsp3) is 0.143. The van der Waals surface area contributed by atoms with Crippen LogP contribution in [-0.4, -0.2) is 0 Å². The monoisotopic (exact) mass is 222 g/mol. The number of hydrogen-bond donors (Lipinski definition) is 0. The van der Waals surface area contributed by atoms with E-state index in [0.29, 0.717) is 5.88 Å². The summed E-state index contributed by atoms with van der Waals surface area (Å²) in [6.45, 7) is 0. The highest BCUT2D eigenvalue weighted by atomic mass is 79.9. The molecule has 0 saturated carbocycles. The molecule has 0 aliphatic heterocycles. The zero-order valence-electron chi connectivity index (χ0n) is 5.07. The number of alkyl halides is 1. The van der Waals surface area contributed by atoms with Gasteiger partial charge in [0.1, 0.15) is 5.82 Å². The van der Waals surface area contributed by atoms with E-state index in [2.05, 4.69) is 15.9 Å². The molecule has 0 unspecified atom stereocenters. The third-order valence-electron chi connectivity index (χ3n) is 1.08. The minimum absolute atomic E-state index is 0.259. The van der Waals surface area contributed by atoms with Crippen molar-refractivity contribution in [1.29, 1.82) is 0 Å². The van der Waals surface area contributed by atoms with Crippen LogP contribution in [0.1, 0.15) is 5.56 Å². The Labute approximate surface area is 72.1 Å². The van der Waals surface area contributed by atoms with Crippen LogP contribution in [0.3, 0.4) is 0 Å². The molecular formula is C7H5BrClF. The number of hydrogen-bond acceptors (Lipinski definition) is 0. The third-order valence-corrected chi connectivity index (χ3v) is 1.84. The van der Waals surface area contributed by atoms with Gasteiger partial charge in [-0.05, 0) is 23.8 Å². The van der Waals surface area contributed by atoms with Gasteiger partial charge in [-0.25, -0.2) is 4.39 Å². The Kier molecular flexibility index (Phi) is 2.69. The topological polar surface area (TPSA) is 0 Å². The molecule has 54 valence electrons. The summed E-state index contributed by atoms with van der Waals surface area (Å²) in [4.78, 5) is 0. The van der Waals surface area contributed by atoms with Gasteiger partial charge in [0.05, 0.1) is 0 Å².